The third-order valence-corrected chi connectivity index (χ3v) is 3.77. The van der Waals surface area contributed by atoms with Crippen LogP contribution in [0.1, 0.15) is 40.6 Å². The van der Waals surface area contributed by atoms with Crippen molar-refractivity contribution in [3.8, 4) is 0 Å². The average Bonchev–Trinajstić information content (AvgIpc) is 2.94. The van der Waals surface area contributed by atoms with E-state index in [4.69, 9.17) is 5.73 Å². The van der Waals surface area contributed by atoms with Gasteiger partial charge >= 0.3 is 0 Å². The zero-order valence-electron chi connectivity index (χ0n) is 10.5. The van der Waals surface area contributed by atoms with Crippen LogP contribution in [0.15, 0.2) is 17.6 Å². The van der Waals surface area contributed by atoms with E-state index in [1.165, 1.54) is 11.3 Å². The SMILES string of the molecule is CC(N)c1nc(C(=O)CCc2ccnn2C)cs1. The number of hydrogen-bond donors (Lipinski definition) is 1. The van der Waals surface area contributed by atoms with Gasteiger partial charge in [-0.05, 0) is 19.4 Å². The van der Waals surface area contributed by atoms with Crippen molar-refractivity contribution in [2.24, 2.45) is 12.8 Å². The lowest BCUT2D eigenvalue weighted by Gasteiger charge is -2.00. The summed E-state index contributed by atoms with van der Waals surface area (Å²) in [5.74, 6) is 0.0550. The Morgan fingerprint density at radius 2 is 2.39 bits per heavy atom. The van der Waals surface area contributed by atoms with Crippen LogP contribution < -0.4 is 5.73 Å². The second-order valence-electron chi connectivity index (χ2n) is 4.23. The van der Waals surface area contributed by atoms with E-state index in [0.717, 1.165) is 10.7 Å². The van der Waals surface area contributed by atoms with Gasteiger partial charge in [0.25, 0.3) is 0 Å². The van der Waals surface area contributed by atoms with Gasteiger partial charge < -0.3 is 5.73 Å². The molecule has 2 rings (SSSR count). The average molecular weight is 264 g/mol. The number of aromatic nitrogens is 3. The maximum atomic E-state index is 12.0. The lowest BCUT2D eigenvalue weighted by Crippen LogP contribution is -2.07. The molecular weight excluding hydrogens is 248 g/mol. The van der Waals surface area contributed by atoms with E-state index in [0.29, 0.717) is 18.5 Å². The van der Waals surface area contributed by atoms with Crippen LogP contribution in [0.3, 0.4) is 0 Å². The van der Waals surface area contributed by atoms with Gasteiger partial charge in [0.1, 0.15) is 10.7 Å². The molecule has 6 heteroatoms. The molecule has 96 valence electrons. The first-order chi connectivity index (χ1) is 8.58. The Hall–Kier alpha value is -1.53. The van der Waals surface area contributed by atoms with Crippen LogP contribution in [-0.2, 0) is 13.5 Å². The Labute approximate surface area is 110 Å². The first-order valence-electron chi connectivity index (χ1n) is 5.79. The third kappa shape index (κ3) is 2.83. The van der Waals surface area contributed by atoms with Crippen LogP contribution in [0.4, 0.5) is 0 Å². The molecule has 0 aliphatic carbocycles. The van der Waals surface area contributed by atoms with Crippen LogP contribution in [0.25, 0.3) is 0 Å². The summed E-state index contributed by atoms with van der Waals surface area (Å²) < 4.78 is 1.78. The topological polar surface area (TPSA) is 73.8 Å². The molecule has 0 amide bonds. The maximum Gasteiger partial charge on any atom is 0.182 e. The number of carbonyl (C=O) groups excluding carboxylic acids is 1. The first kappa shape index (κ1) is 12.9. The molecule has 0 bridgehead atoms. The minimum atomic E-state index is -0.117. The Kier molecular flexibility index (Phi) is 3.88. The van der Waals surface area contributed by atoms with E-state index < -0.39 is 0 Å². The summed E-state index contributed by atoms with van der Waals surface area (Å²) in [5.41, 5.74) is 7.29. The summed E-state index contributed by atoms with van der Waals surface area (Å²) in [5, 5.41) is 6.66. The molecular formula is C12H16N4OS. The molecule has 18 heavy (non-hydrogen) atoms. The van der Waals surface area contributed by atoms with Crippen molar-refractivity contribution in [1.29, 1.82) is 0 Å². The van der Waals surface area contributed by atoms with Gasteiger partial charge in [-0.1, -0.05) is 0 Å². The molecule has 0 spiro atoms. The van der Waals surface area contributed by atoms with Gasteiger partial charge in [0.2, 0.25) is 0 Å². The van der Waals surface area contributed by atoms with E-state index in [1.807, 2.05) is 20.0 Å². The van der Waals surface area contributed by atoms with E-state index >= 15 is 0 Å². The largest absolute Gasteiger partial charge is 0.322 e. The number of carbonyl (C=O) groups is 1. The van der Waals surface area contributed by atoms with Crippen LogP contribution in [0, 0.1) is 0 Å². The molecule has 2 N–H and O–H groups in total. The molecule has 0 aromatic carbocycles. The smallest absolute Gasteiger partial charge is 0.182 e. The number of Topliss-reactive ketones (excluding diaryl/α,β-unsaturated/α-hetero) is 1. The Balaban J connectivity index is 1.97. The predicted octanol–water partition coefficient (Wildman–Crippen LogP) is 1.71. The molecule has 0 aliphatic heterocycles. The number of thiazole rings is 1. The van der Waals surface area contributed by atoms with Crippen molar-refractivity contribution in [1.82, 2.24) is 14.8 Å². The van der Waals surface area contributed by atoms with E-state index in [1.54, 1.807) is 16.3 Å². The quantitative estimate of drug-likeness (QED) is 0.834. The Morgan fingerprint density at radius 1 is 1.61 bits per heavy atom. The minimum Gasteiger partial charge on any atom is -0.322 e. The number of aryl methyl sites for hydroxylation is 2. The molecule has 2 aromatic heterocycles. The molecule has 5 nitrogen and oxygen atoms in total. The second-order valence-corrected chi connectivity index (χ2v) is 5.12. The van der Waals surface area contributed by atoms with Crippen molar-refractivity contribution in [3.63, 3.8) is 0 Å². The molecule has 0 saturated carbocycles. The van der Waals surface area contributed by atoms with Gasteiger partial charge in [-0.3, -0.25) is 9.48 Å². The van der Waals surface area contributed by atoms with E-state index in [2.05, 4.69) is 10.1 Å². The lowest BCUT2D eigenvalue weighted by atomic mass is 10.1. The lowest BCUT2D eigenvalue weighted by molar-refractivity contribution is 0.0978. The Bertz CT molecular complexity index is 544. The molecule has 0 saturated heterocycles. The standard InChI is InChI=1S/C12H16N4OS/c1-8(13)12-15-10(7-18-12)11(17)4-3-9-5-6-14-16(9)2/h5-8H,3-4,13H2,1-2H3. The Morgan fingerprint density at radius 3 is 2.94 bits per heavy atom. The van der Waals surface area contributed by atoms with E-state index in [-0.39, 0.29) is 11.8 Å². The highest BCUT2D eigenvalue weighted by molar-refractivity contribution is 7.09. The minimum absolute atomic E-state index is 0.0550. The zero-order chi connectivity index (χ0) is 13.1. The fourth-order valence-electron chi connectivity index (χ4n) is 1.64. The molecule has 0 aliphatic rings. The number of ketones is 1. The number of rotatable bonds is 5. The van der Waals surface area contributed by atoms with Crippen molar-refractivity contribution >= 4 is 17.1 Å². The number of nitrogens with zero attached hydrogens (tertiary/aromatic N) is 3. The monoisotopic (exact) mass is 264 g/mol. The number of nitrogens with two attached hydrogens (primary N) is 1. The summed E-state index contributed by atoms with van der Waals surface area (Å²) in [4.78, 5) is 16.2. The van der Waals surface area contributed by atoms with Gasteiger partial charge in [-0.15, -0.1) is 11.3 Å². The summed E-state index contributed by atoms with van der Waals surface area (Å²) >= 11 is 1.44. The predicted molar refractivity (Wildman–Crippen MR) is 70.6 cm³/mol. The highest BCUT2D eigenvalue weighted by Gasteiger charge is 2.13. The van der Waals surface area contributed by atoms with Crippen molar-refractivity contribution in [3.05, 3.63) is 34.0 Å². The fraction of sp³-hybridized carbons (Fsp3) is 0.417. The fourth-order valence-corrected chi connectivity index (χ4v) is 2.42. The van der Waals surface area contributed by atoms with Crippen LogP contribution >= 0.6 is 11.3 Å². The van der Waals surface area contributed by atoms with Crippen LogP contribution in [-0.4, -0.2) is 20.5 Å². The summed E-state index contributed by atoms with van der Waals surface area (Å²) in [7, 11) is 1.87. The molecule has 0 fully saturated rings. The first-order valence-corrected chi connectivity index (χ1v) is 6.67. The van der Waals surface area contributed by atoms with Gasteiger partial charge in [0, 0.05) is 30.7 Å². The van der Waals surface area contributed by atoms with Crippen molar-refractivity contribution in [2.75, 3.05) is 0 Å². The third-order valence-electron chi connectivity index (χ3n) is 2.73. The van der Waals surface area contributed by atoms with Gasteiger partial charge in [0.05, 0.1) is 6.04 Å². The molecule has 2 aromatic rings. The zero-order valence-corrected chi connectivity index (χ0v) is 11.3. The van der Waals surface area contributed by atoms with E-state index in [9.17, 15) is 4.79 Å². The maximum absolute atomic E-state index is 12.0. The molecule has 0 radical (unpaired) electrons. The second kappa shape index (κ2) is 5.41. The van der Waals surface area contributed by atoms with Crippen molar-refractivity contribution < 1.29 is 4.79 Å². The van der Waals surface area contributed by atoms with Gasteiger partial charge in [-0.2, -0.15) is 5.10 Å². The van der Waals surface area contributed by atoms with Crippen LogP contribution in [0.5, 0.6) is 0 Å². The molecule has 1 unspecified atom stereocenters. The normalized spacial score (nSPS) is 12.6. The van der Waals surface area contributed by atoms with Gasteiger partial charge in [-0.25, -0.2) is 4.98 Å². The van der Waals surface area contributed by atoms with Crippen molar-refractivity contribution in [2.45, 2.75) is 25.8 Å². The molecule has 1 atom stereocenters. The number of hydrogen-bond acceptors (Lipinski definition) is 5. The molecule has 2 heterocycles. The highest BCUT2D eigenvalue weighted by Crippen LogP contribution is 2.17. The summed E-state index contributed by atoms with van der Waals surface area (Å²) in [6.07, 6.45) is 2.86. The highest BCUT2D eigenvalue weighted by atomic mass is 32.1. The summed E-state index contributed by atoms with van der Waals surface area (Å²) in [6.45, 7) is 1.86. The van der Waals surface area contributed by atoms with Gasteiger partial charge in [0.15, 0.2) is 5.78 Å². The summed E-state index contributed by atoms with van der Waals surface area (Å²) in [6, 6.07) is 1.80. The van der Waals surface area contributed by atoms with Crippen LogP contribution in [0.2, 0.25) is 0 Å².